The van der Waals surface area contributed by atoms with E-state index in [1.807, 2.05) is 51.1 Å². The Hall–Kier alpha value is -2.87. The first-order valence-electron chi connectivity index (χ1n) is 9.50. The van der Waals surface area contributed by atoms with Crippen LogP contribution in [-0.2, 0) is 4.79 Å². The minimum atomic E-state index is -0.512. The Bertz CT molecular complexity index is 826. The van der Waals surface area contributed by atoms with Crippen LogP contribution in [0.3, 0.4) is 0 Å². The molecule has 1 saturated heterocycles. The number of nitrogens with two attached hydrogens (primary N) is 1. The highest BCUT2D eigenvalue weighted by molar-refractivity contribution is 5.82. The first kappa shape index (κ1) is 19.9. The van der Waals surface area contributed by atoms with Gasteiger partial charge in [0.25, 0.3) is 0 Å². The molecule has 0 spiro atoms. The molecule has 1 unspecified atom stereocenters. The third kappa shape index (κ3) is 4.33. The van der Waals surface area contributed by atoms with Crippen LogP contribution in [0.1, 0.15) is 19.5 Å². The van der Waals surface area contributed by atoms with E-state index >= 15 is 0 Å². The van der Waals surface area contributed by atoms with Gasteiger partial charge in [0.05, 0.1) is 17.4 Å². The van der Waals surface area contributed by atoms with Gasteiger partial charge in [-0.05, 0) is 25.0 Å². The van der Waals surface area contributed by atoms with E-state index in [-0.39, 0.29) is 11.8 Å². The maximum Gasteiger partial charge on any atom is 0.416 e. The third-order valence-corrected chi connectivity index (χ3v) is 4.84. The van der Waals surface area contributed by atoms with E-state index in [0.29, 0.717) is 32.1 Å². The second-order valence-electron chi connectivity index (χ2n) is 7.32. The number of ether oxygens (including phenoxy) is 1. The van der Waals surface area contributed by atoms with Crippen LogP contribution in [0.5, 0.6) is 5.88 Å². The number of aryl methyl sites for hydroxylation is 1. The lowest BCUT2D eigenvalue weighted by atomic mass is 10.0. The van der Waals surface area contributed by atoms with E-state index in [1.165, 1.54) is 0 Å². The summed E-state index contributed by atoms with van der Waals surface area (Å²) < 4.78 is 7.21. The highest BCUT2D eigenvalue weighted by Crippen LogP contribution is 2.20. The Morgan fingerprint density at radius 3 is 2.29 bits per heavy atom. The molecule has 1 aromatic heterocycles. The molecule has 2 N–H and O–H groups in total. The second kappa shape index (κ2) is 8.43. The Morgan fingerprint density at radius 1 is 1.07 bits per heavy atom. The summed E-state index contributed by atoms with van der Waals surface area (Å²) in [5.41, 5.74) is 7.53. The summed E-state index contributed by atoms with van der Waals surface area (Å²) in [6.45, 7) is 7.42. The number of carbonyl (C=O) groups excluding carboxylic acids is 2. The Labute approximate surface area is 164 Å². The van der Waals surface area contributed by atoms with Crippen molar-refractivity contribution in [3.05, 3.63) is 42.1 Å². The van der Waals surface area contributed by atoms with Gasteiger partial charge >= 0.3 is 6.09 Å². The van der Waals surface area contributed by atoms with Crippen LogP contribution in [0.4, 0.5) is 4.79 Å². The fraction of sp³-hybridized carbons (Fsp3) is 0.450. The van der Waals surface area contributed by atoms with Gasteiger partial charge in [0.15, 0.2) is 0 Å². The van der Waals surface area contributed by atoms with Crippen molar-refractivity contribution in [2.24, 2.45) is 11.7 Å². The monoisotopic (exact) mass is 385 g/mol. The van der Waals surface area contributed by atoms with Gasteiger partial charge in [-0.25, -0.2) is 9.48 Å². The molecule has 0 saturated carbocycles. The number of rotatable bonds is 4. The molecular weight excluding hydrogens is 358 g/mol. The van der Waals surface area contributed by atoms with Gasteiger partial charge < -0.3 is 20.3 Å². The Balaban J connectivity index is 1.62. The molecule has 28 heavy (non-hydrogen) atoms. The molecule has 8 nitrogen and oxygen atoms in total. The number of para-hydroxylation sites is 1. The van der Waals surface area contributed by atoms with Gasteiger partial charge in [-0.15, -0.1) is 0 Å². The predicted molar refractivity (Wildman–Crippen MR) is 105 cm³/mol. The van der Waals surface area contributed by atoms with E-state index in [2.05, 4.69) is 5.10 Å². The quantitative estimate of drug-likeness (QED) is 0.866. The maximum atomic E-state index is 12.6. The van der Waals surface area contributed by atoms with Gasteiger partial charge in [0, 0.05) is 32.2 Å². The van der Waals surface area contributed by atoms with Crippen LogP contribution in [0.15, 0.2) is 36.4 Å². The van der Waals surface area contributed by atoms with E-state index in [0.717, 1.165) is 11.4 Å². The zero-order chi connectivity index (χ0) is 20.3. The van der Waals surface area contributed by atoms with E-state index in [4.69, 9.17) is 10.5 Å². The molecule has 1 fully saturated rings. The lowest BCUT2D eigenvalue weighted by Gasteiger charge is -2.35. The minimum Gasteiger partial charge on any atom is -0.391 e. The van der Waals surface area contributed by atoms with Crippen LogP contribution in [-0.4, -0.2) is 63.8 Å². The second-order valence-corrected chi connectivity index (χ2v) is 7.32. The number of amides is 2. The summed E-state index contributed by atoms with van der Waals surface area (Å²) in [4.78, 5) is 28.3. The van der Waals surface area contributed by atoms with Crippen molar-refractivity contribution in [3.63, 3.8) is 0 Å². The van der Waals surface area contributed by atoms with Crippen molar-refractivity contribution in [1.29, 1.82) is 0 Å². The van der Waals surface area contributed by atoms with Crippen molar-refractivity contribution in [2.45, 2.75) is 26.8 Å². The van der Waals surface area contributed by atoms with E-state index < -0.39 is 12.1 Å². The molecular formula is C20H27N5O3. The highest BCUT2D eigenvalue weighted by Gasteiger charge is 2.29. The molecule has 2 heterocycles. The summed E-state index contributed by atoms with van der Waals surface area (Å²) in [7, 11) is 0. The predicted octanol–water partition coefficient (Wildman–Crippen LogP) is 1.81. The molecule has 0 aliphatic carbocycles. The number of carbonyl (C=O) groups is 2. The molecule has 1 aliphatic heterocycles. The Kier molecular flexibility index (Phi) is 5.99. The number of aromatic nitrogens is 2. The van der Waals surface area contributed by atoms with Gasteiger partial charge in [0.2, 0.25) is 11.8 Å². The minimum absolute atomic E-state index is 0.0687. The number of piperazine rings is 1. The number of hydrogen-bond acceptors (Lipinski definition) is 5. The molecule has 150 valence electrons. The molecule has 1 atom stereocenters. The number of benzene rings is 1. The van der Waals surface area contributed by atoms with E-state index in [9.17, 15) is 9.59 Å². The number of nitrogens with zero attached hydrogens (tertiary/aromatic N) is 4. The smallest absolute Gasteiger partial charge is 0.391 e. The summed E-state index contributed by atoms with van der Waals surface area (Å²) in [5, 5.41) is 4.40. The van der Waals surface area contributed by atoms with Crippen molar-refractivity contribution in [3.8, 4) is 11.6 Å². The van der Waals surface area contributed by atoms with Crippen molar-refractivity contribution < 1.29 is 14.3 Å². The zero-order valence-electron chi connectivity index (χ0n) is 16.5. The molecule has 2 aromatic rings. The largest absolute Gasteiger partial charge is 0.416 e. The molecule has 0 radical (unpaired) electrons. The van der Waals surface area contributed by atoms with Crippen LogP contribution < -0.4 is 10.5 Å². The van der Waals surface area contributed by atoms with Crippen molar-refractivity contribution in [1.82, 2.24) is 19.6 Å². The lowest BCUT2D eigenvalue weighted by molar-refractivity contribution is -0.135. The van der Waals surface area contributed by atoms with Gasteiger partial charge in [0.1, 0.15) is 0 Å². The van der Waals surface area contributed by atoms with Crippen LogP contribution in [0.2, 0.25) is 0 Å². The summed E-state index contributed by atoms with van der Waals surface area (Å²) >= 11 is 0. The lowest BCUT2D eigenvalue weighted by Crippen LogP contribution is -2.55. The van der Waals surface area contributed by atoms with Gasteiger partial charge in [-0.1, -0.05) is 32.0 Å². The van der Waals surface area contributed by atoms with E-state index in [1.54, 1.807) is 20.5 Å². The van der Waals surface area contributed by atoms with Gasteiger partial charge in [-0.3, -0.25) is 4.79 Å². The average Bonchev–Trinajstić information content (AvgIpc) is 3.07. The molecule has 0 bridgehead atoms. The SMILES string of the molecule is Cc1cc(OC(=O)N2CCN(C(=O)C(N)C(C)C)CC2)n(-c2ccccc2)n1. The standard InChI is InChI=1S/C20H27N5O3/c1-14(2)18(21)19(26)23-9-11-24(12-10-23)20(27)28-17-13-15(3)22-25(17)16-7-5-4-6-8-16/h4-8,13-14,18H,9-12,21H2,1-3H3. The van der Waals surface area contributed by atoms with Crippen LogP contribution >= 0.6 is 0 Å². The van der Waals surface area contributed by atoms with Crippen molar-refractivity contribution >= 4 is 12.0 Å². The first-order valence-corrected chi connectivity index (χ1v) is 9.50. The molecule has 3 rings (SSSR count). The normalized spacial score (nSPS) is 15.6. The Morgan fingerprint density at radius 2 is 1.68 bits per heavy atom. The van der Waals surface area contributed by atoms with Gasteiger partial charge in [-0.2, -0.15) is 5.10 Å². The fourth-order valence-electron chi connectivity index (χ4n) is 3.06. The molecule has 2 amide bonds. The summed E-state index contributed by atoms with van der Waals surface area (Å²) in [5.74, 6) is 0.381. The molecule has 1 aromatic carbocycles. The summed E-state index contributed by atoms with van der Waals surface area (Å²) in [6.07, 6.45) is -0.447. The number of hydrogen-bond donors (Lipinski definition) is 1. The van der Waals surface area contributed by atoms with Crippen molar-refractivity contribution in [2.75, 3.05) is 26.2 Å². The zero-order valence-corrected chi connectivity index (χ0v) is 16.5. The fourth-order valence-corrected chi connectivity index (χ4v) is 3.06. The first-order chi connectivity index (χ1) is 13.4. The average molecular weight is 385 g/mol. The topological polar surface area (TPSA) is 93.7 Å². The highest BCUT2D eigenvalue weighted by atomic mass is 16.6. The summed E-state index contributed by atoms with van der Waals surface area (Å²) in [6, 6.07) is 10.7. The van der Waals surface area contributed by atoms with Crippen LogP contribution in [0.25, 0.3) is 5.69 Å². The third-order valence-electron chi connectivity index (χ3n) is 4.84. The maximum absolute atomic E-state index is 12.6. The molecule has 1 aliphatic rings. The molecule has 8 heteroatoms. The van der Waals surface area contributed by atoms with Crippen LogP contribution in [0, 0.1) is 12.8 Å².